The molecule has 0 unspecified atom stereocenters. The van der Waals surface area contributed by atoms with E-state index in [2.05, 4.69) is 48.4 Å². The van der Waals surface area contributed by atoms with Gasteiger partial charge < -0.3 is 10.2 Å². The van der Waals surface area contributed by atoms with Crippen molar-refractivity contribution < 1.29 is 0 Å². The first-order chi connectivity index (χ1) is 7.13. The molecule has 0 aliphatic carbocycles. The minimum Gasteiger partial charge on any atom is -0.351 e. The summed E-state index contributed by atoms with van der Waals surface area (Å²) in [6.45, 7) is 8.43. The molecule has 0 aliphatic rings. The van der Waals surface area contributed by atoms with E-state index in [9.17, 15) is 0 Å². The normalized spacial score (nSPS) is 11.0. The van der Waals surface area contributed by atoms with Crippen molar-refractivity contribution in [3.05, 3.63) is 11.1 Å². The van der Waals surface area contributed by atoms with Crippen molar-refractivity contribution in [3.63, 3.8) is 0 Å². The average molecular weight is 227 g/mol. The second-order valence-electron chi connectivity index (χ2n) is 4.08. The number of thiazole rings is 1. The first kappa shape index (κ1) is 12.5. The van der Waals surface area contributed by atoms with Crippen LogP contribution in [0.2, 0.25) is 0 Å². The Morgan fingerprint density at radius 2 is 2.27 bits per heavy atom. The average Bonchev–Trinajstić information content (AvgIpc) is 2.63. The van der Waals surface area contributed by atoms with Gasteiger partial charge in [-0.05, 0) is 6.42 Å². The number of rotatable bonds is 6. The Morgan fingerprint density at radius 3 is 2.87 bits per heavy atom. The number of nitrogens with zero attached hydrogens (tertiary/aromatic N) is 2. The third-order valence-corrected chi connectivity index (χ3v) is 3.12. The van der Waals surface area contributed by atoms with Gasteiger partial charge in [0.1, 0.15) is 0 Å². The van der Waals surface area contributed by atoms with Gasteiger partial charge in [0.25, 0.3) is 0 Å². The van der Waals surface area contributed by atoms with Crippen molar-refractivity contribution in [2.24, 2.45) is 0 Å². The third kappa shape index (κ3) is 4.18. The summed E-state index contributed by atoms with van der Waals surface area (Å²) < 4.78 is 0. The van der Waals surface area contributed by atoms with Crippen LogP contribution >= 0.6 is 11.3 Å². The van der Waals surface area contributed by atoms with Crippen molar-refractivity contribution in [1.29, 1.82) is 0 Å². The Hall–Kier alpha value is -0.610. The fourth-order valence-corrected chi connectivity index (χ4v) is 2.11. The number of hydrogen-bond donors (Lipinski definition) is 1. The van der Waals surface area contributed by atoms with Crippen LogP contribution in [0, 0.1) is 0 Å². The largest absolute Gasteiger partial charge is 0.351 e. The molecule has 0 amide bonds. The fourth-order valence-electron chi connectivity index (χ4n) is 1.29. The molecule has 0 atom stereocenters. The lowest BCUT2D eigenvalue weighted by atomic mass is 10.4. The Balaban J connectivity index is 2.48. The summed E-state index contributed by atoms with van der Waals surface area (Å²) in [7, 11) is 2.10. The van der Waals surface area contributed by atoms with Crippen LogP contribution in [0.5, 0.6) is 0 Å². The Kier molecular flexibility index (Phi) is 5.05. The zero-order valence-corrected chi connectivity index (χ0v) is 10.9. The number of aromatic nitrogens is 1. The van der Waals surface area contributed by atoms with Crippen LogP contribution in [0.1, 0.15) is 32.9 Å². The van der Waals surface area contributed by atoms with Crippen LogP contribution < -0.4 is 10.2 Å². The second-order valence-corrected chi connectivity index (χ2v) is 4.92. The molecule has 1 rings (SSSR count). The van der Waals surface area contributed by atoms with Gasteiger partial charge in [0.05, 0.1) is 5.69 Å². The smallest absolute Gasteiger partial charge is 0.185 e. The molecule has 0 saturated heterocycles. The predicted molar refractivity (Wildman–Crippen MR) is 67.7 cm³/mol. The molecule has 1 aromatic rings. The molecule has 1 heterocycles. The molecular formula is C11H21N3S. The van der Waals surface area contributed by atoms with Crippen molar-refractivity contribution in [1.82, 2.24) is 10.3 Å². The molecule has 0 aliphatic heterocycles. The molecule has 3 nitrogen and oxygen atoms in total. The Labute approximate surface area is 96.5 Å². The first-order valence-electron chi connectivity index (χ1n) is 5.52. The maximum atomic E-state index is 4.58. The summed E-state index contributed by atoms with van der Waals surface area (Å²) >= 11 is 1.72. The molecule has 15 heavy (non-hydrogen) atoms. The van der Waals surface area contributed by atoms with Crippen LogP contribution in [0.3, 0.4) is 0 Å². The van der Waals surface area contributed by atoms with Crippen LogP contribution in [-0.4, -0.2) is 24.6 Å². The van der Waals surface area contributed by atoms with Crippen LogP contribution in [0.25, 0.3) is 0 Å². The molecule has 0 spiro atoms. The summed E-state index contributed by atoms with van der Waals surface area (Å²) in [6, 6.07) is 0.517. The minimum absolute atomic E-state index is 0.517. The fraction of sp³-hybridized carbons (Fsp3) is 0.727. The molecule has 0 bridgehead atoms. The van der Waals surface area contributed by atoms with Gasteiger partial charge in [-0.1, -0.05) is 20.8 Å². The molecule has 0 aromatic carbocycles. The Bertz CT molecular complexity index is 283. The lowest BCUT2D eigenvalue weighted by Gasteiger charge is -2.13. The second kappa shape index (κ2) is 6.08. The van der Waals surface area contributed by atoms with E-state index in [0.29, 0.717) is 6.04 Å². The van der Waals surface area contributed by atoms with Gasteiger partial charge in [-0.25, -0.2) is 4.98 Å². The minimum atomic E-state index is 0.517. The molecule has 86 valence electrons. The topological polar surface area (TPSA) is 28.2 Å². The standard InChI is InChI=1S/C11H21N3S/c1-5-6-14(4)11-13-10(8-15-11)7-12-9(2)3/h8-9,12H,5-7H2,1-4H3. The highest BCUT2D eigenvalue weighted by molar-refractivity contribution is 7.13. The highest BCUT2D eigenvalue weighted by Gasteiger charge is 2.05. The highest BCUT2D eigenvalue weighted by Crippen LogP contribution is 2.19. The summed E-state index contributed by atoms with van der Waals surface area (Å²) in [5, 5.41) is 6.63. The number of anilines is 1. The SMILES string of the molecule is CCCN(C)c1nc(CNC(C)C)cs1. The van der Waals surface area contributed by atoms with E-state index in [4.69, 9.17) is 0 Å². The third-order valence-electron chi connectivity index (χ3n) is 2.12. The van der Waals surface area contributed by atoms with Gasteiger partial charge in [0.2, 0.25) is 0 Å². The predicted octanol–water partition coefficient (Wildman–Crippen LogP) is 2.49. The van der Waals surface area contributed by atoms with Gasteiger partial charge in [0.15, 0.2) is 5.13 Å². The summed E-state index contributed by atoms with van der Waals surface area (Å²) in [4.78, 5) is 6.79. The monoisotopic (exact) mass is 227 g/mol. The van der Waals surface area contributed by atoms with Crippen LogP contribution in [0.15, 0.2) is 5.38 Å². The summed E-state index contributed by atoms with van der Waals surface area (Å²) in [6.07, 6.45) is 1.16. The molecule has 4 heteroatoms. The van der Waals surface area contributed by atoms with Crippen molar-refractivity contribution in [2.45, 2.75) is 39.8 Å². The lowest BCUT2D eigenvalue weighted by Crippen LogP contribution is -2.22. The van der Waals surface area contributed by atoms with E-state index in [1.54, 1.807) is 11.3 Å². The van der Waals surface area contributed by atoms with Crippen molar-refractivity contribution in [3.8, 4) is 0 Å². The van der Waals surface area contributed by atoms with Gasteiger partial charge in [-0.15, -0.1) is 11.3 Å². The van der Waals surface area contributed by atoms with Gasteiger partial charge >= 0.3 is 0 Å². The van der Waals surface area contributed by atoms with Gasteiger partial charge in [-0.3, -0.25) is 0 Å². The Morgan fingerprint density at radius 1 is 1.53 bits per heavy atom. The highest BCUT2D eigenvalue weighted by atomic mass is 32.1. The number of nitrogens with one attached hydrogen (secondary N) is 1. The van der Waals surface area contributed by atoms with Gasteiger partial charge in [-0.2, -0.15) is 0 Å². The van der Waals surface area contributed by atoms with E-state index < -0.39 is 0 Å². The van der Waals surface area contributed by atoms with E-state index in [1.807, 2.05) is 0 Å². The first-order valence-corrected chi connectivity index (χ1v) is 6.40. The number of hydrogen-bond acceptors (Lipinski definition) is 4. The zero-order chi connectivity index (χ0) is 11.3. The summed E-state index contributed by atoms with van der Waals surface area (Å²) in [5.74, 6) is 0. The maximum Gasteiger partial charge on any atom is 0.185 e. The molecule has 0 fully saturated rings. The molecule has 0 saturated carbocycles. The van der Waals surface area contributed by atoms with Crippen molar-refractivity contribution in [2.75, 3.05) is 18.5 Å². The van der Waals surface area contributed by atoms with E-state index in [1.165, 1.54) is 0 Å². The quantitative estimate of drug-likeness (QED) is 0.809. The summed E-state index contributed by atoms with van der Waals surface area (Å²) in [5.41, 5.74) is 1.15. The maximum absolute atomic E-state index is 4.58. The lowest BCUT2D eigenvalue weighted by molar-refractivity contribution is 0.583. The van der Waals surface area contributed by atoms with Crippen LogP contribution in [0.4, 0.5) is 5.13 Å². The molecule has 1 aromatic heterocycles. The van der Waals surface area contributed by atoms with Crippen molar-refractivity contribution >= 4 is 16.5 Å². The zero-order valence-electron chi connectivity index (χ0n) is 10.1. The van der Waals surface area contributed by atoms with Crippen LogP contribution in [-0.2, 0) is 6.54 Å². The van der Waals surface area contributed by atoms with E-state index >= 15 is 0 Å². The van der Waals surface area contributed by atoms with Gasteiger partial charge in [0, 0.05) is 31.6 Å². The van der Waals surface area contributed by atoms with E-state index in [-0.39, 0.29) is 0 Å². The molecule has 1 N–H and O–H groups in total. The van der Waals surface area contributed by atoms with E-state index in [0.717, 1.165) is 30.3 Å². The molecule has 0 radical (unpaired) electrons. The molecular weight excluding hydrogens is 206 g/mol.